The Morgan fingerprint density at radius 3 is 2.12 bits per heavy atom. The van der Waals surface area contributed by atoms with Crippen LogP contribution in [0.5, 0.6) is 11.5 Å². The molecule has 0 aliphatic heterocycles. The molecular weight excluding hydrogens is 354 g/mol. The third-order valence-electron chi connectivity index (χ3n) is 3.17. The van der Waals surface area contributed by atoms with Gasteiger partial charge in [0.15, 0.2) is 9.84 Å². The summed E-state index contributed by atoms with van der Waals surface area (Å²) >= 11 is 5.79. The molecule has 2 aromatic carbocycles. The number of hydrogen-bond acceptors (Lipinski definition) is 5. The average Bonchev–Trinajstić information content (AvgIpc) is 2.57. The molecule has 24 heavy (non-hydrogen) atoms. The maximum Gasteiger partial charge on any atom is 0.243 e. The summed E-state index contributed by atoms with van der Waals surface area (Å²) in [5.74, 6) is 0.288. The van der Waals surface area contributed by atoms with E-state index in [4.69, 9.17) is 21.5 Å². The molecule has 2 N–H and O–H groups in total. The first-order valence-corrected chi connectivity index (χ1v) is 9.13. The van der Waals surface area contributed by atoms with Crippen LogP contribution in [0.2, 0.25) is 5.02 Å². The number of hydroxylamine groups is 1. The van der Waals surface area contributed by atoms with Crippen molar-refractivity contribution in [3.63, 3.8) is 0 Å². The fourth-order valence-electron chi connectivity index (χ4n) is 1.95. The molecule has 6 nitrogen and oxygen atoms in total. The van der Waals surface area contributed by atoms with Crippen molar-refractivity contribution in [2.45, 2.75) is 17.7 Å². The molecule has 0 saturated carbocycles. The molecule has 8 heteroatoms. The van der Waals surface area contributed by atoms with Crippen LogP contribution in [-0.2, 0) is 14.6 Å². The van der Waals surface area contributed by atoms with Gasteiger partial charge in [0.1, 0.15) is 11.5 Å². The van der Waals surface area contributed by atoms with Crippen molar-refractivity contribution in [2.75, 3.05) is 5.75 Å². The van der Waals surface area contributed by atoms with Crippen LogP contribution in [0.1, 0.15) is 12.8 Å². The lowest BCUT2D eigenvalue weighted by Gasteiger charge is -2.08. The Morgan fingerprint density at radius 2 is 1.58 bits per heavy atom. The van der Waals surface area contributed by atoms with Gasteiger partial charge in [-0.25, -0.2) is 13.9 Å². The zero-order valence-corrected chi connectivity index (χ0v) is 14.2. The summed E-state index contributed by atoms with van der Waals surface area (Å²) in [6.07, 6.45) is 0.0608. The fraction of sp³-hybridized carbons (Fsp3) is 0.188. The molecule has 2 rings (SSSR count). The summed E-state index contributed by atoms with van der Waals surface area (Å²) in [5.41, 5.74) is 1.47. The first kappa shape index (κ1) is 18.3. The number of carbonyl (C=O) groups excluding carboxylic acids is 1. The Hall–Kier alpha value is -2.09. The maximum atomic E-state index is 12.2. The van der Waals surface area contributed by atoms with Crippen LogP contribution in [0, 0.1) is 0 Å². The highest BCUT2D eigenvalue weighted by Gasteiger charge is 2.15. The Bertz CT molecular complexity index is 788. The highest BCUT2D eigenvalue weighted by molar-refractivity contribution is 7.91. The number of carbonyl (C=O) groups is 1. The molecule has 0 saturated heterocycles. The zero-order chi connectivity index (χ0) is 17.6. The van der Waals surface area contributed by atoms with Gasteiger partial charge in [-0.05, 0) is 55.0 Å². The molecule has 0 spiro atoms. The Morgan fingerprint density at radius 1 is 1.04 bits per heavy atom. The van der Waals surface area contributed by atoms with Gasteiger partial charge in [0.2, 0.25) is 5.91 Å². The van der Waals surface area contributed by atoms with Crippen molar-refractivity contribution in [1.29, 1.82) is 0 Å². The zero-order valence-electron chi connectivity index (χ0n) is 12.6. The standard InChI is InChI=1S/C16H16ClNO5S/c17-12-3-5-13(6-4-12)23-14-7-9-15(10-8-14)24(21,22)11-1-2-16(19)18-20/h3-10,20H,1-2,11H2,(H,18,19). The van der Waals surface area contributed by atoms with E-state index in [-0.39, 0.29) is 23.5 Å². The molecule has 2 aromatic rings. The van der Waals surface area contributed by atoms with Gasteiger partial charge in [-0.1, -0.05) is 11.6 Å². The smallest absolute Gasteiger partial charge is 0.243 e. The quantitative estimate of drug-likeness (QED) is 0.577. The molecule has 1 amide bonds. The number of sulfone groups is 1. The van der Waals surface area contributed by atoms with Crippen molar-refractivity contribution >= 4 is 27.3 Å². The molecule has 0 bridgehead atoms. The Labute approximate surface area is 144 Å². The summed E-state index contributed by atoms with van der Waals surface area (Å²) < 4.78 is 29.9. The fourth-order valence-corrected chi connectivity index (χ4v) is 3.39. The van der Waals surface area contributed by atoms with Crippen LogP contribution in [0.25, 0.3) is 0 Å². The van der Waals surface area contributed by atoms with Crippen LogP contribution < -0.4 is 10.2 Å². The highest BCUT2D eigenvalue weighted by Crippen LogP contribution is 2.24. The van der Waals surface area contributed by atoms with Crippen LogP contribution >= 0.6 is 11.6 Å². The van der Waals surface area contributed by atoms with Gasteiger partial charge in [-0.2, -0.15) is 0 Å². The summed E-state index contributed by atoms with van der Waals surface area (Å²) in [6, 6.07) is 12.8. The average molecular weight is 370 g/mol. The number of ether oxygens (including phenoxy) is 1. The van der Waals surface area contributed by atoms with Crippen molar-refractivity contribution in [1.82, 2.24) is 5.48 Å². The van der Waals surface area contributed by atoms with Gasteiger partial charge in [-0.3, -0.25) is 10.0 Å². The van der Waals surface area contributed by atoms with Gasteiger partial charge in [0, 0.05) is 11.4 Å². The predicted molar refractivity (Wildman–Crippen MR) is 89.2 cm³/mol. The van der Waals surface area contributed by atoms with E-state index in [1.807, 2.05) is 0 Å². The second-order valence-electron chi connectivity index (χ2n) is 4.98. The van der Waals surface area contributed by atoms with E-state index in [0.717, 1.165) is 0 Å². The first-order chi connectivity index (χ1) is 11.4. The third kappa shape index (κ3) is 5.23. The minimum absolute atomic E-state index is 0.0620. The number of rotatable bonds is 7. The lowest BCUT2D eigenvalue weighted by molar-refractivity contribution is -0.129. The lowest BCUT2D eigenvalue weighted by Crippen LogP contribution is -2.19. The third-order valence-corrected chi connectivity index (χ3v) is 5.24. The largest absolute Gasteiger partial charge is 0.457 e. The van der Waals surface area contributed by atoms with E-state index in [1.54, 1.807) is 36.4 Å². The molecule has 0 atom stereocenters. The second-order valence-corrected chi connectivity index (χ2v) is 7.53. The molecule has 0 radical (unpaired) electrons. The van der Waals surface area contributed by atoms with E-state index in [0.29, 0.717) is 16.5 Å². The van der Waals surface area contributed by atoms with Gasteiger partial charge < -0.3 is 4.74 Å². The normalized spacial score (nSPS) is 11.1. The van der Waals surface area contributed by atoms with Crippen LogP contribution in [0.15, 0.2) is 53.4 Å². The van der Waals surface area contributed by atoms with Crippen LogP contribution in [0.3, 0.4) is 0 Å². The number of benzene rings is 2. The number of hydrogen-bond donors (Lipinski definition) is 2. The summed E-state index contributed by atoms with van der Waals surface area (Å²) in [6.45, 7) is 0. The topological polar surface area (TPSA) is 92.7 Å². The summed E-state index contributed by atoms with van der Waals surface area (Å²) in [7, 11) is -3.49. The molecule has 0 aromatic heterocycles. The minimum atomic E-state index is -3.49. The second kappa shape index (κ2) is 8.14. The molecule has 0 aliphatic carbocycles. The van der Waals surface area contributed by atoms with Crippen molar-refractivity contribution in [3.05, 3.63) is 53.6 Å². The monoisotopic (exact) mass is 369 g/mol. The highest BCUT2D eigenvalue weighted by atomic mass is 35.5. The molecule has 0 fully saturated rings. The first-order valence-electron chi connectivity index (χ1n) is 7.10. The Kier molecular flexibility index (Phi) is 6.19. The van der Waals surface area contributed by atoms with Crippen LogP contribution in [-0.4, -0.2) is 25.3 Å². The van der Waals surface area contributed by atoms with Crippen molar-refractivity contribution < 1.29 is 23.2 Å². The van der Waals surface area contributed by atoms with E-state index in [9.17, 15) is 13.2 Å². The van der Waals surface area contributed by atoms with Crippen molar-refractivity contribution in [3.8, 4) is 11.5 Å². The molecule has 0 aliphatic rings. The molecule has 128 valence electrons. The van der Waals surface area contributed by atoms with E-state index in [1.165, 1.54) is 17.6 Å². The minimum Gasteiger partial charge on any atom is -0.457 e. The summed E-state index contributed by atoms with van der Waals surface area (Å²) in [5, 5.41) is 8.97. The van der Waals surface area contributed by atoms with Crippen LogP contribution in [0.4, 0.5) is 0 Å². The number of nitrogens with one attached hydrogen (secondary N) is 1. The van der Waals surface area contributed by atoms with Gasteiger partial charge in [-0.15, -0.1) is 0 Å². The SMILES string of the molecule is O=C(CCCS(=O)(=O)c1ccc(Oc2ccc(Cl)cc2)cc1)NO. The van der Waals surface area contributed by atoms with Crippen molar-refractivity contribution in [2.24, 2.45) is 0 Å². The van der Waals surface area contributed by atoms with Gasteiger partial charge in [0.25, 0.3) is 0 Å². The van der Waals surface area contributed by atoms with E-state index >= 15 is 0 Å². The van der Waals surface area contributed by atoms with E-state index in [2.05, 4.69) is 0 Å². The lowest BCUT2D eigenvalue weighted by atomic mass is 10.3. The van der Waals surface area contributed by atoms with Gasteiger partial charge >= 0.3 is 0 Å². The van der Waals surface area contributed by atoms with Gasteiger partial charge in [0.05, 0.1) is 10.6 Å². The number of amides is 1. The number of halogens is 1. The molecular formula is C16H16ClNO5S. The van der Waals surface area contributed by atoms with E-state index < -0.39 is 15.7 Å². The Balaban J connectivity index is 1.99. The summed E-state index contributed by atoms with van der Waals surface area (Å²) in [4.78, 5) is 11.0. The predicted octanol–water partition coefficient (Wildman–Crippen LogP) is 3.19. The molecule has 0 heterocycles. The maximum absolute atomic E-state index is 12.2. The molecule has 0 unspecified atom stereocenters.